The Labute approximate surface area is 315 Å². The first kappa shape index (κ1) is 38.5. The summed E-state index contributed by atoms with van der Waals surface area (Å²) < 4.78 is 16.3. The molecule has 2 saturated heterocycles. The zero-order chi connectivity index (χ0) is 39.5. The molecule has 2 amide bonds. The van der Waals surface area contributed by atoms with Crippen LogP contribution in [0.3, 0.4) is 0 Å². The number of β-lactam (4-membered cyclic amide) rings is 1. The number of aliphatic carboxylic acids is 2. The number of pyridine rings is 1. The number of rotatable bonds is 12. The number of amides is 2. The zero-order valence-electron chi connectivity index (χ0n) is 29.7. The zero-order valence-corrected chi connectivity index (χ0v) is 31.3. The first-order chi connectivity index (χ1) is 25.3. The Morgan fingerprint density at radius 3 is 2.46 bits per heavy atom. The summed E-state index contributed by atoms with van der Waals surface area (Å²) in [5.74, 6) is -6.98. The maximum Gasteiger partial charge on any atom is 0.352 e. The van der Waals surface area contributed by atoms with Crippen LogP contribution in [0.1, 0.15) is 51.8 Å². The lowest BCUT2D eigenvalue weighted by Gasteiger charge is -2.57. The van der Waals surface area contributed by atoms with Crippen molar-refractivity contribution in [2.24, 2.45) is 5.16 Å². The van der Waals surface area contributed by atoms with E-state index >= 15 is 0 Å². The minimum absolute atomic E-state index is 0.000587. The quantitative estimate of drug-likeness (QED) is 0.0507. The molecule has 3 aliphatic rings. The van der Waals surface area contributed by atoms with E-state index in [9.17, 15) is 48.8 Å². The van der Waals surface area contributed by atoms with Crippen molar-refractivity contribution in [2.75, 3.05) is 31.1 Å². The molecule has 0 unspecified atom stereocenters. The van der Waals surface area contributed by atoms with Gasteiger partial charge in [0, 0.05) is 42.3 Å². The number of aromatic nitrogens is 2. The Morgan fingerprint density at radius 1 is 1.19 bits per heavy atom. The molecule has 0 bridgehead atoms. The second kappa shape index (κ2) is 13.9. The number of aromatic hydroxyl groups is 2. The number of carboxylic acid groups (broad SMARTS) is 2. The molecule has 2 fully saturated rings. The van der Waals surface area contributed by atoms with Gasteiger partial charge in [-0.1, -0.05) is 5.16 Å². The van der Waals surface area contributed by atoms with Gasteiger partial charge in [-0.25, -0.2) is 19.0 Å². The van der Waals surface area contributed by atoms with Crippen molar-refractivity contribution in [3.05, 3.63) is 56.2 Å². The summed E-state index contributed by atoms with van der Waals surface area (Å²) in [4.78, 5) is 74.8. The number of carboxylic acids is 2. The lowest BCUT2D eigenvalue weighted by atomic mass is 9.92. The minimum atomic E-state index is -1.82. The van der Waals surface area contributed by atoms with Gasteiger partial charge in [-0.3, -0.25) is 19.3 Å². The third-order valence-corrected chi connectivity index (χ3v) is 12.3. The van der Waals surface area contributed by atoms with Crippen LogP contribution in [0.25, 0.3) is 10.9 Å². The van der Waals surface area contributed by atoms with Crippen molar-refractivity contribution in [3.63, 3.8) is 0 Å². The van der Waals surface area contributed by atoms with Gasteiger partial charge >= 0.3 is 11.9 Å². The van der Waals surface area contributed by atoms with Gasteiger partial charge in [-0.2, -0.15) is 0 Å². The number of nitrogens with one attached hydrogen (secondary N) is 1. The maximum atomic E-state index is 14.5. The van der Waals surface area contributed by atoms with Crippen molar-refractivity contribution in [2.45, 2.75) is 70.1 Å². The third-order valence-electron chi connectivity index (χ3n) is 10.1. The second-order valence-corrected chi connectivity index (χ2v) is 16.4. The molecule has 2 aromatic heterocycles. The highest BCUT2D eigenvalue weighted by atomic mass is 32.2. The number of nitrogens with two attached hydrogens (primary N) is 1. The number of anilines is 1. The summed E-state index contributed by atoms with van der Waals surface area (Å²) in [5, 5.41) is 48.3. The highest BCUT2D eigenvalue weighted by Crippen LogP contribution is 2.50. The molecule has 288 valence electrons. The van der Waals surface area contributed by atoms with E-state index in [4.69, 9.17) is 10.6 Å². The first-order valence-corrected chi connectivity index (χ1v) is 18.8. The van der Waals surface area contributed by atoms with E-state index < -0.39 is 68.7 Å². The second-order valence-electron chi connectivity index (χ2n) is 14.1. The smallest absolute Gasteiger partial charge is 0.352 e. The van der Waals surface area contributed by atoms with Crippen LogP contribution in [-0.4, -0.2) is 111 Å². The number of aryl methyl sites for hydroxylation is 1. The van der Waals surface area contributed by atoms with Crippen molar-refractivity contribution >= 4 is 68.6 Å². The van der Waals surface area contributed by atoms with Crippen molar-refractivity contribution in [1.82, 2.24) is 19.8 Å². The average Bonchev–Trinajstić information content (AvgIpc) is 3.76. The largest absolute Gasteiger partial charge is 0.503 e. The van der Waals surface area contributed by atoms with Gasteiger partial charge in [0.1, 0.15) is 35.4 Å². The van der Waals surface area contributed by atoms with Gasteiger partial charge in [0.15, 0.2) is 33.6 Å². The molecule has 54 heavy (non-hydrogen) atoms. The van der Waals surface area contributed by atoms with Crippen LogP contribution >= 0.6 is 23.1 Å². The predicted octanol–water partition coefficient (Wildman–Crippen LogP) is 2.13. The van der Waals surface area contributed by atoms with Crippen LogP contribution in [0.15, 0.2) is 38.9 Å². The third kappa shape index (κ3) is 6.51. The molecule has 0 radical (unpaired) electrons. The van der Waals surface area contributed by atoms with E-state index in [1.54, 1.807) is 24.6 Å². The lowest BCUT2D eigenvalue weighted by molar-refractivity contribution is -0.925. The van der Waals surface area contributed by atoms with Crippen molar-refractivity contribution in [1.29, 1.82) is 0 Å². The average molecular weight is 789 g/mol. The number of phenolic OH excluding ortho intramolecular Hbond substituents is 2. The molecule has 17 nitrogen and oxygen atoms in total. The summed E-state index contributed by atoms with van der Waals surface area (Å²) in [5.41, 5.74) is 3.50. The molecule has 3 aromatic rings. The van der Waals surface area contributed by atoms with E-state index in [0.717, 1.165) is 35.1 Å². The number of hydrogen-bond acceptors (Lipinski definition) is 13. The lowest BCUT2D eigenvalue weighted by Crippen LogP contribution is -2.78. The fourth-order valence-corrected chi connectivity index (χ4v) is 9.09. The fraction of sp³-hybridized carbons (Fsp3) is 0.441. The summed E-state index contributed by atoms with van der Waals surface area (Å²) in [6.45, 7) is 7.66. The van der Waals surface area contributed by atoms with Gasteiger partial charge in [0.2, 0.25) is 5.60 Å². The number of benzene rings is 1. The number of fused-ring (bicyclic) bond motifs is 2. The van der Waals surface area contributed by atoms with Gasteiger partial charge in [-0.15, -0.1) is 23.1 Å². The summed E-state index contributed by atoms with van der Waals surface area (Å²) in [7, 11) is 0. The molecule has 3 aliphatic heterocycles. The first-order valence-electron chi connectivity index (χ1n) is 16.9. The van der Waals surface area contributed by atoms with Gasteiger partial charge in [-0.05, 0) is 33.8 Å². The number of oxime groups is 1. The number of carbonyl (C=O) groups is 4. The van der Waals surface area contributed by atoms with Crippen LogP contribution < -0.4 is 16.5 Å². The number of thiazole rings is 1. The van der Waals surface area contributed by atoms with Crippen LogP contribution in [-0.2, 0) is 37.1 Å². The van der Waals surface area contributed by atoms with E-state index in [1.165, 1.54) is 31.0 Å². The molecule has 2 atom stereocenters. The fourth-order valence-electron chi connectivity index (χ4n) is 7.21. The van der Waals surface area contributed by atoms with E-state index in [2.05, 4.69) is 15.5 Å². The SMILES string of the molecule is CCn1cc(C[N+]2(CC3=C(C(=O)O)N4C(=O)[C@@H](NC(=O)/C(=N\OC(C)(C)C(=O)O)c5csc(N)n5)[C@@]4(C)SC3)CCCC2)c(=O)c2cc(F)c(O)c(O)c21. The molecule has 0 aliphatic carbocycles. The number of nitrogen functional groups attached to an aromatic ring is 1. The molecule has 6 rings (SSSR count). The minimum Gasteiger partial charge on any atom is -0.503 e. The van der Waals surface area contributed by atoms with E-state index in [-0.39, 0.29) is 50.8 Å². The highest BCUT2D eigenvalue weighted by molar-refractivity contribution is 8.01. The monoisotopic (exact) mass is 788 g/mol. The Bertz CT molecular complexity index is 2230. The topological polar surface area (TPSA) is 247 Å². The van der Waals surface area contributed by atoms with E-state index in [0.29, 0.717) is 30.8 Å². The Balaban J connectivity index is 1.30. The molecular weight excluding hydrogens is 750 g/mol. The van der Waals surface area contributed by atoms with Gasteiger partial charge in [0.05, 0.1) is 29.6 Å². The number of nitrogens with zero attached hydrogens (tertiary/aromatic N) is 5. The Morgan fingerprint density at radius 2 is 1.87 bits per heavy atom. The van der Waals surface area contributed by atoms with Crippen LogP contribution in [0.5, 0.6) is 11.5 Å². The van der Waals surface area contributed by atoms with Crippen LogP contribution in [0, 0.1) is 5.82 Å². The summed E-state index contributed by atoms with van der Waals surface area (Å²) >= 11 is 2.25. The molecular formula is C34H39FN7O10S2+. The number of carbonyl (C=O) groups excluding carboxylic acids is 2. The predicted molar refractivity (Wildman–Crippen MR) is 195 cm³/mol. The Kier molecular flexibility index (Phi) is 9.91. The normalized spacial score (nSPS) is 21.2. The van der Waals surface area contributed by atoms with Crippen LogP contribution in [0.4, 0.5) is 9.52 Å². The molecule has 0 spiro atoms. The number of thioether (sulfide) groups is 1. The summed E-state index contributed by atoms with van der Waals surface area (Å²) in [6, 6.07) is -0.313. The van der Waals surface area contributed by atoms with Crippen LogP contribution in [0.2, 0.25) is 0 Å². The summed E-state index contributed by atoms with van der Waals surface area (Å²) in [6.07, 6.45) is 3.15. The van der Waals surface area contributed by atoms with Gasteiger partial charge < -0.3 is 45.4 Å². The highest BCUT2D eigenvalue weighted by Gasteiger charge is 2.63. The maximum absolute atomic E-state index is 14.5. The van der Waals surface area contributed by atoms with Crippen molar-refractivity contribution < 1.29 is 53.3 Å². The number of phenols is 2. The van der Waals surface area contributed by atoms with E-state index in [1.807, 2.05) is 0 Å². The van der Waals surface area contributed by atoms with Gasteiger partial charge in [0.25, 0.3) is 11.8 Å². The Hall–Kier alpha value is -5.21. The number of quaternary nitrogens is 1. The number of halogens is 1. The van der Waals surface area contributed by atoms with Crippen molar-refractivity contribution in [3.8, 4) is 11.5 Å². The molecule has 5 heterocycles. The number of likely N-dealkylation sites (tertiary alicyclic amines) is 1. The molecule has 20 heteroatoms. The molecule has 7 N–H and O–H groups in total. The molecule has 1 aromatic carbocycles. The molecule has 0 saturated carbocycles. The standard InChI is InChI=1S/C34H38FN7O10S2/c1-5-40-11-16(24(43)18-10-19(35)25(44)26(45)23(18)40)12-42(8-6-7-9-42)13-17-14-54-34(4)27(29(47)41(34)22(17)30(48)49)38-28(46)21(20-15-53-32(36)37-20)39-52-33(2,3)31(50)51/h10-11,15,27H,5-9,12-14H2,1-4H3,(H6-,36,37,38,39,43,44,45,46,48,49,50,51)/p+1/t27-,34-/m1/s1. The number of hydrogen-bond donors (Lipinski definition) is 6.